The van der Waals surface area contributed by atoms with Crippen molar-refractivity contribution >= 4 is 57.4 Å². The molecular formula is C46H54BN3. The van der Waals surface area contributed by atoms with E-state index in [9.17, 15) is 0 Å². The normalized spacial score (nSPS) is 14.4. The lowest BCUT2D eigenvalue weighted by Crippen LogP contribution is -2.62. The average Bonchev–Trinajstić information content (AvgIpc) is 3.02. The highest BCUT2D eigenvalue weighted by molar-refractivity contribution is 7.00. The third-order valence-corrected chi connectivity index (χ3v) is 10.8. The minimum absolute atomic E-state index is 0.00837. The van der Waals surface area contributed by atoms with Gasteiger partial charge in [0.15, 0.2) is 0 Å². The summed E-state index contributed by atoms with van der Waals surface area (Å²) in [4.78, 5) is 10.3. The van der Waals surface area contributed by atoms with E-state index in [0.29, 0.717) is 0 Å². The largest absolute Gasteiger partial charge is 0.311 e. The zero-order chi connectivity index (χ0) is 36.1. The summed E-state index contributed by atoms with van der Waals surface area (Å²) in [5.41, 5.74) is 16.4. The van der Waals surface area contributed by atoms with Crippen molar-refractivity contribution in [3.63, 3.8) is 0 Å². The molecule has 2 aliphatic rings. The van der Waals surface area contributed by atoms with Gasteiger partial charge in [-0.15, -0.1) is 0 Å². The first kappa shape index (κ1) is 34.2. The monoisotopic (exact) mass is 659 g/mol. The molecule has 7 rings (SSSR count). The van der Waals surface area contributed by atoms with E-state index in [4.69, 9.17) is 4.98 Å². The van der Waals surface area contributed by atoms with Crippen LogP contribution in [0, 0.1) is 6.92 Å². The third-order valence-electron chi connectivity index (χ3n) is 10.8. The van der Waals surface area contributed by atoms with Crippen LogP contribution < -0.4 is 26.2 Å². The van der Waals surface area contributed by atoms with Crippen LogP contribution in [0.25, 0.3) is 0 Å². The van der Waals surface area contributed by atoms with E-state index in [-0.39, 0.29) is 28.4 Å². The second kappa shape index (κ2) is 11.4. The van der Waals surface area contributed by atoms with Crippen LogP contribution in [0.15, 0.2) is 91.0 Å². The topological polar surface area (TPSA) is 19.4 Å². The number of nitrogens with zero attached hydrogens (tertiary/aromatic N) is 3. The SMILES string of the molecule is Cc1cc2c3c(n1)N(c1ccc(C(C)(C)C)cc1)c1ccc(C(C)(C)C)cc1B3c1cc(C(C)(C)C)ccc1N2c1ccc(C(C)(C)C)cc1. The van der Waals surface area contributed by atoms with Gasteiger partial charge in [0.1, 0.15) is 5.82 Å². The van der Waals surface area contributed by atoms with Crippen LogP contribution in [0.4, 0.5) is 34.3 Å². The summed E-state index contributed by atoms with van der Waals surface area (Å²) in [5.74, 6) is 1.02. The van der Waals surface area contributed by atoms with Crippen molar-refractivity contribution < 1.29 is 0 Å². The summed E-state index contributed by atoms with van der Waals surface area (Å²) < 4.78 is 0. The van der Waals surface area contributed by atoms with Crippen molar-refractivity contribution in [1.29, 1.82) is 0 Å². The molecule has 4 heteroatoms. The van der Waals surface area contributed by atoms with E-state index in [0.717, 1.165) is 17.2 Å². The molecule has 3 heterocycles. The van der Waals surface area contributed by atoms with E-state index in [1.54, 1.807) is 0 Å². The molecule has 0 unspecified atom stereocenters. The van der Waals surface area contributed by atoms with E-state index in [1.807, 2.05) is 0 Å². The summed E-state index contributed by atoms with van der Waals surface area (Å²) >= 11 is 0. The molecule has 5 aromatic rings. The van der Waals surface area contributed by atoms with Crippen molar-refractivity contribution in [1.82, 2.24) is 4.98 Å². The lowest BCUT2D eigenvalue weighted by molar-refractivity contribution is 0.590. The van der Waals surface area contributed by atoms with E-state index in [1.165, 1.54) is 61.4 Å². The number of hydrogen-bond donors (Lipinski definition) is 0. The van der Waals surface area contributed by atoms with Crippen molar-refractivity contribution in [3.05, 3.63) is 119 Å². The number of rotatable bonds is 2. The Bertz CT molecular complexity index is 1950. The van der Waals surface area contributed by atoms with Gasteiger partial charge in [0.25, 0.3) is 6.71 Å². The number of aromatic nitrogens is 1. The highest BCUT2D eigenvalue weighted by Gasteiger charge is 2.45. The van der Waals surface area contributed by atoms with E-state index in [2.05, 4.69) is 191 Å². The Morgan fingerprint density at radius 2 is 0.820 bits per heavy atom. The maximum Gasteiger partial charge on any atom is 0.254 e. The molecule has 256 valence electrons. The molecule has 50 heavy (non-hydrogen) atoms. The Morgan fingerprint density at radius 1 is 0.440 bits per heavy atom. The molecule has 0 amide bonds. The number of anilines is 6. The van der Waals surface area contributed by atoms with E-state index < -0.39 is 0 Å². The highest BCUT2D eigenvalue weighted by atomic mass is 15.2. The molecule has 0 bridgehead atoms. The number of aryl methyl sites for hydroxylation is 1. The van der Waals surface area contributed by atoms with E-state index >= 15 is 0 Å². The Morgan fingerprint density at radius 3 is 1.24 bits per heavy atom. The summed E-state index contributed by atoms with van der Waals surface area (Å²) in [6.07, 6.45) is 0. The number of fused-ring (bicyclic) bond motifs is 4. The molecule has 0 radical (unpaired) electrons. The molecule has 0 N–H and O–H groups in total. The molecule has 0 fully saturated rings. The molecule has 4 aromatic carbocycles. The van der Waals surface area contributed by atoms with Gasteiger partial charge in [-0.25, -0.2) is 4.98 Å². The van der Waals surface area contributed by atoms with Gasteiger partial charge < -0.3 is 4.90 Å². The maximum atomic E-state index is 5.42. The van der Waals surface area contributed by atoms with Crippen LogP contribution in [0.1, 0.15) is 111 Å². The lowest BCUT2D eigenvalue weighted by Gasteiger charge is -2.44. The van der Waals surface area contributed by atoms with Crippen LogP contribution in [0.3, 0.4) is 0 Å². The molecule has 0 aliphatic carbocycles. The van der Waals surface area contributed by atoms with Crippen molar-refractivity contribution in [3.8, 4) is 0 Å². The van der Waals surface area contributed by atoms with Crippen molar-refractivity contribution in [2.24, 2.45) is 0 Å². The van der Waals surface area contributed by atoms with Gasteiger partial charge >= 0.3 is 0 Å². The van der Waals surface area contributed by atoms with Crippen LogP contribution in [0.5, 0.6) is 0 Å². The summed E-state index contributed by atoms with van der Waals surface area (Å²) in [6.45, 7) is 29.8. The molecular weight excluding hydrogens is 605 g/mol. The molecule has 2 aliphatic heterocycles. The number of benzene rings is 4. The number of pyridine rings is 1. The Labute approximate surface area is 301 Å². The quantitative estimate of drug-likeness (QED) is 0.172. The van der Waals surface area contributed by atoms with Gasteiger partial charge in [-0.05, 0) is 110 Å². The summed E-state index contributed by atoms with van der Waals surface area (Å²) in [7, 11) is 0. The Kier molecular flexibility index (Phi) is 7.76. The van der Waals surface area contributed by atoms with Crippen LogP contribution >= 0.6 is 0 Å². The molecule has 0 saturated carbocycles. The van der Waals surface area contributed by atoms with Gasteiger partial charge in [-0.2, -0.15) is 0 Å². The average molecular weight is 660 g/mol. The smallest absolute Gasteiger partial charge is 0.254 e. The minimum Gasteiger partial charge on any atom is -0.311 e. The zero-order valence-corrected chi connectivity index (χ0v) is 32.6. The first-order chi connectivity index (χ1) is 23.2. The zero-order valence-electron chi connectivity index (χ0n) is 32.6. The van der Waals surface area contributed by atoms with Gasteiger partial charge in [0, 0.05) is 34.1 Å². The highest BCUT2D eigenvalue weighted by Crippen LogP contribution is 2.45. The summed E-state index contributed by atoms with van der Waals surface area (Å²) in [6, 6.07) is 35.1. The van der Waals surface area contributed by atoms with Crippen molar-refractivity contribution in [2.75, 3.05) is 9.80 Å². The number of hydrogen-bond acceptors (Lipinski definition) is 3. The maximum absolute atomic E-state index is 5.42. The van der Waals surface area contributed by atoms with Crippen LogP contribution in [0.2, 0.25) is 0 Å². The first-order valence-corrected chi connectivity index (χ1v) is 18.4. The van der Waals surface area contributed by atoms with Crippen LogP contribution in [-0.2, 0) is 21.7 Å². The fraction of sp³-hybridized carbons (Fsp3) is 0.370. The predicted molar refractivity (Wildman–Crippen MR) is 218 cm³/mol. The molecule has 3 nitrogen and oxygen atoms in total. The van der Waals surface area contributed by atoms with Gasteiger partial charge in [0.2, 0.25) is 0 Å². The second-order valence-electron chi connectivity index (χ2n) is 18.8. The van der Waals surface area contributed by atoms with Gasteiger partial charge in [0.05, 0.1) is 0 Å². The fourth-order valence-corrected chi connectivity index (χ4v) is 7.68. The van der Waals surface area contributed by atoms with Crippen molar-refractivity contribution in [2.45, 2.75) is 112 Å². The Hall–Kier alpha value is -4.31. The third kappa shape index (κ3) is 5.75. The fourth-order valence-electron chi connectivity index (χ4n) is 7.68. The second-order valence-corrected chi connectivity index (χ2v) is 18.8. The first-order valence-electron chi connectivity index (χ1n) is 18.4. The molecule has 0 spiro atoms. The molecule has 0 atom stereocenters. The summed E-state index contributed by atoms with van der Waals surface area (Å²) in [5, 5.41) is 0. The standard InChI is InChI=1S/C46H54BN3/c1-29-26-40-41-42(48-29)50(35-22-16-31(17-23-35)44(5,6)7)39-25-19-33(46(11,12)13)28-37(39)47(41)36-27-32(45(8,9)10)18-24-38(36)49(40)34-20-14-30(15-21-34)43(2,3)4/h14-28H,1-13H3. The van der Waals surface area contributed by atoms with Gasteiger partial charge in [-0.3, -0.25) is 4.90 Å². The lowest BCUT2D eigenvalue weighted by atomic mass is 9.33. The molecule has 1 aromatic heterocycles. The minimum atomic E-state index is 0.00837. The Balaban J connectivity index is 1.57. The van der Waals surface area contributed by atoms with Gasteiger partial charge in [-0.1, -0.05) is 132 Å². The van der Waals surface area contributed by atoms with Crippen LogP contribution in [-0.4, -0.2) is 11.7 Å². The molecule has 0 saturated heterocycles. The predicted octanol–water partition coefficient (Wildman–Crippen LogP) is 10.7.